The molecule has 2 aromatic carbocycles. The van der Waals surface area contributed by atoms with E-state index in [0.717, 1.165) is 11.1 Å². The van der Waals surface area contributed by atoms with Crippen LogP contribution in [0.25, 0.3) is 0 Å². The molecular weight excluding hydrogens is 412 g/mol. The first-order chi connectivity index (χ1) is 15.0. The molecule has 156 valence electrons. The van der Waals surface area contributed by atoms with Crippen molar-refractivity contribution in [2.24, 2.45) is 0 Å². The molecule has 1 atom stereocenters. The number of Topliss-reactive ketones (excluding diaryl/α,β-unsaturated/α-hetero) is 1. The summed E-state index contributed by atoms with van der Waals surface area (Å²) >= 11 is 6.09. The fourth-order valence-electron chi connectivity index (χ4n) is 3.92. The van der Waals surface area contributed by atoms with Gasteiger partial charge in [0, 0.05) is 29.5 Å². The van der Waals surface area contributed by atoms with Crippen molar-refractivity contribution >= 4 is 29.0 Å². The molecule has 1 amide bonds. The van der Waals surface area contributed by atoms with E-state index < -0.39 is 17.7 Å². The molecule has 1 aliphatic rings. The molecule has 2 heterocycles. The highest BCUT2D eigenvalue weighted by molar-refractivity contribution is 6.30. The first-order valence-corrected chi connectivity index (χ1v) is 10.3. The average molecular weight is 433 g/mol. The van der Waals surface area contributed by atoms with Crippen LogP contribution >= 0.6 is 11.6 Å². The summed E-state index contributed by atoms with van der Waals surface area (Å²) in [5, 5.41) is 11.3. The number of ketones is 1. The second-order valence-corrected chi connectivity index (χ2v) is 7.90. The lowest BCUT2D eigenvalue weighted by atomic mass is 9.93. The summed E-state index contributed by atoms with van der Waals surface area (Å²) < 4.78 is 0. The number of hydrogen-bond acceptors (Lipinski definition) is 4. The van der Waals surface area contributed by atoms with Crippen LogP contribution in [-0.2, 0) is 16.0 Å². The number of aryl methyl sites for hydroxylation is 2. The van der Waals surface area contributed by atoms with Gasteiger partial charge in [-0.15, -0.1) is 0 Å². The normalized spacial score (nSPS) is 16.1. The van der Waals surface area contributed by atoms with Crippen molar-refractivity contribution in [3.8, 4) is 0 Å². The number of halogens is 1. The molecule has 1 aliphatic heterocycles. The Morgan fingerprint density at radius 1 is 1.13 bits per heavy atom. The lowest BCUT2D eigenvalue weighted by molar-refractivity contribution is -0.118. The van der Waals surface area contributed by atoms with Gasteiger partial charge in [-0.1, -0.05) is 48.0 Å². The van der Waals surface area contributed by atoms with Crippen molar-refractivity contribution in [1.29, 1.82) is 0 Å². The zero-order valence-electron chi connectivity index (χ0n) is 17.0. The topological polar surface area (TPSA) is 70.5 Å². The highest BCUT2D eigenvalue weighted by Gasteiger charge is 2.44. The van der Waals surface area contributed by atoms with E-state index in [1.165, 1.54) is 4.90 Å². The molecule has 6 heteroatoms. The van der Waals surface area contributed by atoms with Crippen LogP contribution < -0.4 is 4.90 Å². The lowest BCUT2D eigenvalue weighted by Gasteiger charge is -2.28. The molecule has 1 unspecified atom stereocenters. The molecule has 4 rings (SSSR count). The molecule has 5 nitrogen and oxygen atoms in total. The molecule has 3 aromatic rings. The summed E-state index contributed by atoms with van der Waals surface area (Å²) in [6, 6.07) is 17.6. The van der Waals surface area contributed by atoms with E-state index in [9.17, 15) is 14.7 Å². The maximum absolute atomic E-state index is 13.2. The minimum atomic E-state index is -0.760. The van der Waals surface area contributed by atoms with Gasteiger partial charge < -0.3 is 5.11 Å². The van der Waals surface area contributed by atoms with Gasteiger partial charge in [-0.3, -0.25) is 19.5 Å². The molecule has 0 aliphatic carbocycles. The second-order valence-electron chi connectivity index (χ2n) is 7.47. The molecule has 0 spiro atoms. The van der Waals surface area contributed by atoms with Crippen molar-refractivity contribution in [2.45, 2.75) is 25.8 Å². The third-order valence-electron chi connectivity index (χ3n) is 5.41. The van der Waals surface area contributed by atoms with Crippen molar-refractivity contribution < 1.29 is 14.7 Å². The summed E-state index contributed by atoms with van der Waals surface area (Å²) in [4.78, 5) is 32.0. The SMILES string of the molecule is Cc1cc(Cl)ccc1N1C(=O)C(O)=C(C(=O)CCc2ccccc2)C1c1cccnc1. The van der Waals surface area contributed by atoms with Gasteiger partial charge in [-0.2, -0.15) is 0 Å². The molecule has 0 bridgehead atoms. The Morgan fingerprint density at radius 2 is 1.90 bits per heavy atom. The Balaban J connectivity index is 1.74. The number of amides is 1. The average Bonchev–Trinajstić information content (AvgIpc) is 3.04. The van der Waals surface area contributed by atoms with Gasteiger partial charge >= 0.3 is 0 Å². The molecule has 31 heavy (non-hydrogen) atoms. The number of aliphatic hydroxyl groups excluding tert-OH is 1. The number of carbonyl (C=O) groups is 2. The van der Waals surface area contributed by atoms with E-state index in [2.05, 4.69) is 4.98 Å². The minimum Gasteiger partial charge on any atom is -0.503 e. The van der Waals surface area contributed by atoms with E-state index in [1.807, 2.05) is 37.3 Å². The van der Waals surface area contributed by atoms with Crippen molar-refractivity contribution in [1.82, 2.24) is 4.98 Å². The Hall–Kier alpha value is -3.44. The highest BCUT2D eigenvalue weighted by Crippen LogP contribution is 2.42. The Kier molecular flexibility index (Phi) is 5.87. The Labute approximate surface area is 185 Å². The number of pyridine rings is 1. The number of anilines is 1. The van der Waals surface area contributed by atoms with Gasteiger partial charge in [0.15, 0.2) is 11.5 Å². The maximum Gasteiger partial charge on any atom is 0.294 e. The fraction of sp³-hybridized carbons (Fsp3) is 0.160. The monoisotopic (exact) mass is 432 g/mol. The zero-order chi connectivity index (χ0) is 22.0. The molecule has 1 N–H and O–H groups in total. The van der Waals surface area contributed by atoms with E-state index in [0.29, 0.717) is 22.7 Å². The Bertz CT molecular complexity index is 1160. The number of rotatable bonds is 6. The van der Waals surface area contributed by atoms with E-state index in [-0.39, 0.29) is 17.8 Å². The zero-order valence-corrected chi connectivity index (χ0v) is 17.7. The summed E-state index contributed by atoms with van der Waals surface area (Å²) in [6.07, 6.45) is 3.93. The highest BCUT2D eigenvalue weighted by atomic mass is 35.5. The van der Waals surface area contributed by atoms with Crippen LogP contribution in [0.15, 0.2) is 84.4 Å². The predicted octanol–water partition coefficient (Wildman–Crippen LogP) is 5.15. The maximum atomic E-state index is 13.2. The van der Waals surface area contributed by atoms with Crippen molar-refractivity contribution in [3.63, 3.8) is 0 Å². The number of hydrogen-bond donors (Lipinski definition) is 1. The smallest absolute Gasteiger partial charge is 0.294 e. The third kappa shape index (κ3) is 4.09. The summed E-state index contributed by atoms with van der Waals surface area (Å²) in [7, 11) is 0. The molecular formula is C25H21ClN2O3. The molecule has 0 fully saturated rings. The third-order valence-corrected chi connectivity index (χ3v) is 5.65. The minimum absolute atomic E-state index is 0.100. The first-order valence-electron chi connectivity index (χ1n) is 9.97. The van der Waals surface area contributed by atoms with Crippen LogP contribution in [-0.4, -0.2) is 21.8 Å². The lowest BCUT2D eigenvalue weighted by Crippen LogP contribution is -2.31. The fourth-order valence-corrected chi connectivity index (χ4v) is 4.14. The first kappa shape index (κ1) is 20.8. The Morgan fingerprint density at radius 3 is 2.58 bits per heavy atom. The van der Waals surface area contributed by atoms with E-state index >= 15 is 0 Å². The number of aromatic nitrogens is 1. The van der Waals surface area contributed by atoms with E-state index in [4.69, 9.17) is 11.6 Å². The quantitative estimate of drug-likeness (QED) is 0.585. The number of carbonyl (C=O) groups excluding carboxylic acids is 2. The van der Waals surface area contributed by atoms with Crippen LogP contribution in [0.5, 0.6) is 0 Å². The van der Waals surface area contributed by atoms with Gasteiger partial charge in [-0.05, 0) is 54.3 Å². The van der Waals surface area contributed by atoms with E-state index in [1.54, 1.807) is 42.7 Å². The van der Waals surface area contributed by atoms with Crippen molar-refractivity contribution in [2.75, 3.05) is 4.90 Å². The summed E-state index contributed by atoms with van der Waals surface area (Å²) in [6.45, 7) is 1.83. The molecule has 0 radical (unpaired) electrons. The van der Waals surface area contributed by atoms with Crippen molar-refractivity contribution in [3.05, 3.63) is 106 Å². The molecule has 0 saturated carbocycles. The number of benzene rings is 2. The largest absolute Gasteiger partial charge is 0.503 e. The number of aliphatic hydroxyl groups is 1. The summed E-state index contributed by atoms with van der Waals surface area (Å²) in [5.41, 5.74) is 3.12. The van der Waals surface area contributed by atoms with Crippen LogP contribution in [0.3, 0.4) is 0 Å². The van der Waals surface area contributed by atoms with Crippen LogP contribution in [0, 0.1) is 6.92 Å². The molecule has 0 saturated heterocycles. The van der Waals surface area contributed by atoms with Gasteiger partial charge in [0.05, 0.1) is 11.6 Å². The van der Waals surface area contributed by atoms with Gasteiger partial charge in [0.25, 0.3) is 5.91 Å². The van der Waals surface area contributed by atoms with Gasteiger partial charge in [-0.25, -0.2) is 0 Å². The standard InChI is InChI=1S/C25H21ClN2O3/c1-16-14-19(26)10-11-20(16)28-23(18-8-5-13-27-15-18)22(24(30)25(28)31)21(29)12-9-17-6-3-2-4-7-17/h2-8,10-11,13-15,23,30H,9,12H2,1H3. The summed E-state index contributed by atoms with van der Waals surface area (Å²) in [5.74, 6) is -1.39. The van der Waals surface area contributed by atoms with Gasteiger partial charge in [0.2, 0.25) is 0 Å². The van der Waals surface area contributed by atoms with Crippen LogP contribution in [0.1, 0.15) is 29.2 Å². The second kappa shape index (κ2) is 8.74. The molecule has 1 aromatic heterocycles. The van der Waals surface area contributed by atoms with Gasteiger partial charge in [0.1, 0.15) is 0 Å². The predicted molar refractivity (Wildman–Crippen MR) is 120 cm³/mol. The number of nitrogens with zero attached hydrogens (tertiary/aromatic N) is 2. The van der Waals surface area contributed by atoms with Crippen LogP contribution in [0.2, 0.25) is 5.02 Å². The van der Waals surface area contributed by atoms with Crippen LogP contribution in [0.4, 0.5) is 5.69 Å².